The monoisotopic (exact) mass is 156 g/mol. The van der Waals surface area contributed by atoms with Crippen LogP contribution in [0.2, 0.25) is 0 Å². The van der Waals surface area contributed by atoms with E-state index in [1.54, 1.807) is 6.08 Å². The zero-order valence-corrected chi connectivity index (χ0v) is 7.26. The number of aliphatic carboxylic acids is 1. The molecule has 64 valence electrons. The molecule has 0 aromatic carbocycles. The van der Waals surface area contributed by atoms with Crippen molar-refractivity contribution >= 4 is 5.97 Å². The summed E-state index contributed by atoms with van der Waals surface area (Å²) in [7, 11) is 0. The Kier molecular flexibility index (Phi) is 3.86. The second kappa shape index (κ2) is 4.16. The third kappa shape index (κ3) is 2.07. The van der Waals surface area contributed by atoms with Gasteiger partial charge < -0.3 is 5.11 Å². The zero-order valence-electron chi connectivity index (χ0n) is 7.26. The second-order valence-electron chi connectivity index (χ2n) is 2.79. The van der Waals surface area contributed by atoms with Gasteiger partial charge in [-0.25, -0.2) is 0 Å². The third-order valence-electron chi connectivity index (χ3n) is 2.34. The summed E-state index contributed by atoms with van der Waals surface area (Å²) in [5.74, 6) is -0.706. The van der Waals surface area contributed by atoms with Gasteiger partial charge in [0, 0.05) is 0 Å². The van der Waals surface area contributed by atoms with Crippen molar-refractivity contribution in [2.75, 3.05) is 0 Å². The Labute approximate surface area is 67.9 Å². The topological polar surface area (TPSA) is 37.3 Å². The summed E-state index contributed by atoms with van der Waals surface area (Å²) >= 11 is 0. The van der Waals surface area contributed by atoms with E-state index in [2.05, 4.69) is 6.58 Å². The molecule has 0 heterocycles. The molecule has 0 unspecified atom stereocenters. The summed E-state index contributed by atoms with van der Waals surface area (Å²) in [6.07, 6.45) is 3.59. The smallest absolute Gasteiger partial charge is 0.309 e. The van der Waals surface area contributed by atoms with E-state index in [1.165, 1.54) is 0 Å². The van der Waals surface area contributed by atoms with Crippen LogP contribution >= 0.6 is 0 Å². The lowest BCUT2D eigenvalue weighted by Crippen LogP contribution is -2.28. The maximum Gasteiger partial charge on any atom is 0.309 e. The van der Waals surface area contributed by atoms with Crippen molar-refractivity contribution in [3.63, 3.8) is 0 Å². The lowest BCUT2D eigenvalue weighted by molar-refractivity contribution is -0.149. The minimum atomic E-state index is -0.706. The molecular formula is C9H16O2. The number of carboxylic acids is 1. The van der Waals surface area contributed by atoms with E-state index in [0.29, 0.717) is 19.3 Å². The van der Waals surface area contributed by atoms with Crippen molar-refractivity contribution in [1.29, 1.82) is 0 Å². The lowest BCUT2D eigenvalue weighted by atomic mass is 9.79. The standard InChI is InChI=1S/C9H16O2/c1-4-7-9(5-2,6-3)8(10)11/h4H,1,5-7H2,2-3H3,(H,10,11). The summed E-state index contributed by atoms with van der Waals surface area (Å²) in [6.45, 7) is 7.37. The SMILES string of the molecule is C=CCC(CC)(CC)C(=O)O. The second-order valence-corrected chi connectivity index (χ2v) is 2.79. The van der Waals surface area contributed by atoms with E-state index in [-0.39, 0.29) is 0 Å². The summed E-state index contributed by atoms with van der Waals surface area (Å²) in [5.41, 5.74) is -0.568. The molecule has 0 rings (SSSR count). The maximum atomic E-state index is 10.8. The highest BCUT2D eigenvalue weighted by Crippen LogP contribution is 2.30. The average molecular weight is 156 g/mol. The Morgan fingerprint density at radius 3 is 2.09 bits per heavy atom. The van der Waals surface area contributed by atoms with Gasteiger partial charge in [0.2, 0.25) is 0 Å². The Morgan fingerprint density at radius 2 is 2.00 bits per heavy atom. The fourth-order valence-corrected chi connectivity index (χ4v) is 1.20. The molecule has 0 radical (unpaired) electrons. The number of carboxylic acid groups (broad SMARTS) is 1. The van der Waals surface area contributed by atoms with Crippen molar-refractivity contribution in [2.24, 2.45) is 5.41 Å². The predicted molar refractivity (Wildman–Crippen MR) is 45.5 cm³/mol. The molecule has 2 nitrogen and oxygen atoms in total. The number of hydrogen-bond acceptors (Lipinski definition) is 1. The fraction of sp³-hybridized carbons (Fsp3) is 0.667. The first kappa shape index (κ1) is 10.2. The van der Waals surface area contributed by atoms with Crippen molar-refractivity contribution in [3.8, 4) is 0 Å². The molecule has 0 spiro atoms. The van der Waals surface area contributed by atoms with Crippen molar-refractivity contribution in [1.82, 2.24) is 0 Å². The largest absolute Gasteiger partial charge is 0.481 e. The zero-order chi connectivity index (χ0) is 8.91. The van der Waals surface area contributed by atoms with Crippen LogP contribution in [-0.2, 0) is 4.79 Å². The minimum absolute atomic E-state index is 0.565. The van der Waals surface area contributed by atoms with Crippen LogP contribution < -0.4 is 0 Å². The molecule has 0 aliphatic rings. The molecule has 2 heteroatoms. The van der Waals surface area contributed by atoms with Gasteiger partial charge in [0.15, 0.2) is 0 Å². The fourth-order valence-electron chi connectivity index (χ4n) is 1.20. The molecular weight excluding hydrogens is 140 g/mol. The number of rotatable bonds is 5. The first-order chi connectivity index (χ1) is 5.13. The molecule has 0 fully saturated rings. The van der Waals surface area contributed by atoms with Gasteiger partial charge in [-0.05, 0) is 19.3 Å². The van der Waals surface area contributed by atoms with Gasteiger partial charge >= 0.3 is 5.97 Å². The predicted octanol–water partition coefficient (Wildman–Crippen LogP) is 2.45. The van der Waals surface area contributed by atoms with Crippen molar-refractivity contribution < 1.29 is 9.90 Å². The molecule has 0 bridgehead atoms. The number of carbonyl (C=O) groups is 1. The van der Waals surface area contributed by atoms with E-state index >= 15 is 0 Å². The van der Waals surface area contributed by atoms with Crippen LogP contribution in [0.5, 0.6) is 0 Å². The number of hydrogen-bond donors (Lipinski definition) is 1. The van der Waals surface area contributed by atoms with Gasteiger partial charge in [-0.2, -0.15) is 0 Å². The molecule has 0 aliphatic heterocycles. The van der Waals surface area contributed by atoms with Gasteiger partial charge in [-0.1, -0.05) is 19.9 Å². The van der Waals surface area contributed by atoms with E-state index < -0.39 is 11.4 Å². The third-order valence-corrected chi connectivity index (χ3v) is 2.34. The van der Waals surface area contributed by atoms with Gasteiger partial charge in [-0.3, -0.25) is 4.79 Å². The highest BCUT2D eigenvalue weighted by atomic mass is 16.4. The normalized spacial score (nSPS) is 11.1. The average Bonchev–Trinajstić information content (AvgIpc) is 2.00. The van der Waals surface area contributed by atoms with Crippen molar-refractivity contribution in [3.05, 3.63) is 12.7 Å². The van der Waals surface area contributed by atoms with Gasteiger partial charge in [0.25, 0.3) is 0 Å². The van der Waals surface area contributed by atoms with Gasteiger partial charge in [-0.15, -0.1) is 6.58 Å². The van der Waals surface area contributed by atoms with Crippen LogP contribution in [0.15, 0.2) is 12.7 Å². The number of allylic oxidation sites excluding steroid dienone is 1. The highest BCUT2D eigenvalue weighted by Gasteiger charge is 2.32. The molecule has 0 aromatic heterocycles. The summed E-state index contributed by atoms with van der Waals surface area (Å²) in [4.78, 5) is 10.8. The Hall–Kier alpha value is -0.790. The molecule has 0 atom stereocenters. The first-order valence-electron chi connectivity index (χ1n) is 3.97. The van der Waals surface area contributed by atoms with Crippen LogP contribution in [0.4, 0.5) is 0 Å². The van der Waals surface area contributed by atoms with Crippen LogP contribution in [0, 0.1) is 5.41 Å². The van der Waals surface area contributed by atoms with Crippen LogP contribution in [0.25, 0.3) is 0 Å². The minimum Gasteiger partial charge on any atom is -0.481 e. The molecule has 0 aliphatic carbocycles. The Bertz CT molecular complexity index is 146. The summed E-state index contributed by atoms with van der Waals surface area (Å²) in [5, 5.41) is 8.91. The Balaban J connectivity index is 4.45. The Morgan fingerprint density at radius 1 is 1.55 bits per heavy atom. The molecule has 0 saturated heterocycles. The van der Waals surface area contributed by atoms with Crippen LogP contribution in [0.3, 0.4) is 0 Å². The molecule has 0 aromatic rings. The molecule has 11 heavy (non-hydrogen) atoms. The summed E-state index contributed by atoms with van der Waals surface area (Å²) < 4.78 is 0. The molecule has 1 N–H and O–H groups in total. The quantitative estimate of drug-likeness (QED) is 0.621. The van der Waals surface area contributed by atoms with Crippen molar-refractivity contribution in [2.45, 2.75) is 33.1 Å². The highest BCUT2D eigenvalue weighted by molar-refractivity contribution is 5.74. The lowest BCUT2D eigenvalue weighted by Gasteiger charge is -2.24. The van der Waals surface area contributed by atoms with Crippen LogP contribution in [-0.4, -0.2) is 11.1 Å². The van der Waals surface area contributed by atoms with Gasteiger partial charge in [0.1, 0.15) is 0 Å². The first-order valence-corrected chi connectivity index (χ1v) is 3.97. The maximum absolute atomic E-state index is 10.8. The molecule has 0 saturated carbocycles. The van der Waals surface area contributed by atoms with E-state index in [0.717, 1.165) is 0 Å². The summed E-state index contributed by atoms with van der Waals surface area (Å²) in [6, 6.07) is 0. The molecule has 0 amide bonds. The van der Waals surface area contributed by atoms with Gasteiger partial charge in [0.05, 0.1) is 5.41 Å². The van der Waals surface area contributed by atoms with E-state index in [4.69, 9.17) is 5.11 Å². The van der Waals surface area contributed by atoms with E-state index in [1.807, 2.05) is 13.8 Å². The van der Waals surface area contributed by atoms with E-state index in [9.17, 15) is 4.79 Å². The van der Waals surface area contributed by atoms with Crippen LogP contribution in [0.1, 0.15) is 33.1 Å².